The Hall–Kier alpha value is -3.46. The second-order valence-corrected chi connectivity index (χ2v) is 7.74. The fourth-order valence-electron chi connectivity index (χ4n) is 2.75. The maximum Gasteiger partial charge on any atom is 0.326 e. The van der Waals surface area contributed by atoms with Crippen LogP contribution in [0.4, 0.5) is 0 Å². The number of nitrogens with one attached hydrogen (secondary N) is 3. The van der Waals surface area contributed by atoms with Crippen LogP contribution in [-0.2, 0) is 24.0 Å². The van der Waals surface area contributed by atoms with E-state index in [9.17, 15) is 29.1 Å². The van der Waals surface area contributed by atoms with Gasteiger partial charge in [-0.25, -0.2) is 4.79 Å². The van der Waals surface area contributed by atoms with E-state index in [0.29, 0.717) is 6.42 Å². The molecule has 4 amide bonds. The van der Waals surface area contributed by atoms with Crippen molar-refractivity contribution in [3.05, 3.63) is 0 Å². The van der Waals surface area contributed by atoms with E-state index < -0.39 is 72.7 Å². The van der Waals surface area contributed by atoms with Crippen molar-refractivity contribution in [3.8, 4) is 0 Å². The Morgan fingerprint density at radius 3 is 2.00 bits per heavy atom. The van der Waals surface area contributed by atoms with Crippen LogP contribution in [-0.4, -0.2) is 83.1 Å². The highest BCUT2D eigenvalue weighted by atomic mass is 16.4. The molecule has 0 heterocycles. The molecule has 0 saturated carbocycles. The van der Waals surface area contributed by atoms with Gasteiger partial charge in [0.15, 0.2) is 5.96 Å². The molecular weight excluding hydrogens is 452 g/mol. The van der Waals surface area contributed by atoms with E-state index in [4.69, 9.17) is 28.0 Å². The number of carbonyl (C=O) groups excluding carboxylic acids is 4. The lowest BCUT2D eigenvalue weighted by molar-refractivity contribution is -0.143. The highest BCUT2D eigenvalue weighted by Crippen LogP contribution is 2.10. The summed E-state index contributed by atoms with van der Waals surface area (Å²) in [5, 5.41) is 25.5. The Balaban J connectivity index is 5.48. The van der Waals surface area contributed by atoms with Crippen molar-refractivity contribution in [2.45, 2.75) is 63.7 Å². The summed E-state index contributed by atoms with van der Waals surface area (Å²) in [5.41, 5.74) is 21.0. The molecule has 0 aliphatic carbocycles. The van der Waals surface area contributed by atoms with Gasteiger partial charge in [0.1, 0.15) is 24.2 Å². The van der Waals surface area contributed by atoms with Gasteiger partial charge in [0.25, 0.3) is 0 Å². The van der Waals surface area contributed by atoms with Crippen LogP contribution >= 0.6 is 0 Å². The molecule has 5 unspecified atom stereocenters. The first-order chi connectivity index (χ1) is 15.8. The van der Waals surface area contributed by atoms with Crippen LogP contribution in [0, 0.1) is 5.92 Å². The van der Waals surface area contributed by atoms with Crippen molar-refractivity contribution in [3.63, 3.8) is 0 Å². The fraction of sp³-hybridized carbons (Fsp3) is 0.684. The molecule has 5 atom stereocenters. The number of amides is 4. The van der Waals surface area contributed by atoms with Crippen LogP contribution < -0.4 is 38.9 Å². The molecule has 0 aliphatic rings. The number of hydrogen-bond acceptors (Lipinski definition) is 8. The van der Waals surface area contributed by atoms with Crippen molar-refractivity contribution >= 4 is 35.6 Å². The number of carboxylic acids is 1. The zero-order valence-electron chi connectivity index (χ0n) is 19.3. The van der Waals surface area contributed by atoms with E-state index in [1.165, 1.54) is 0 Å². The minimum atomic E-state index is -1.46. The highest BCUT2D eigenvalue weighted by Gasteiger charge is 2.33. The normalized spacial score (nSPS) is 15.1. The Kier molecular flexibility index (Phi) is 13.8. The van der Waals surface area contributed by atoms with Crippen LogP contribution in [0.3, 0.4) is 0 Å². The number of nitrogens with zero attached hydrogens (tertiary/aromatic N) is 1. The smallest absolute Gasteiger partial charge is 0.326 e. The standard InChI is InChI=1S/C19H36N8O7/c1-3-9(2)14(17(32)25-11(18(33)34)5-4-6-24-19(22)23)27-16(31)12(7-13(21)29)26-15(30)10(20)8-28/h9-12,14,28H,3-8,20H2,1-2H3,(H2,21,29)(H,25,32)(H,26,30)(H,27,31)(H,33,34)(H4,22,23,24). The number of guanidine groups is 1. The van der Waals surface area contributed by atoms with Gasteiger partial charge in [-0.2, -0.15) is 0 Å². The van der Waals surface area contributed by atoms with Gasteiger partial charge in [0.2, 0.25) is 23.6 Å². The van der Waals surface area contributed by atoms with Crippen LogP contribution in [0.15, 0.2) is 4.99 Å². The predicted molar refractivity (Wildman–Crippen MR) is 122 cm³/mol. The van der Waals surface area contributed by atoms with Crippen LogP contribution in [0.25, 0.3) is 0 Å². The molecule has 15 heteroatoms. The third-order valence-corrected chi connectivity index (χ3v) is 4.92. The van der Waals surface area contributed by atoms with Crippen molar-refractivity contribution in [1.82, 2.24) is 16.0 Å². The molecule has 0 spiro atoms. The van der Waals surface area contributed by atoms with Crippen molar-refractivity contribution < 1.29 is 34.2 Å². The molecule has 13 N–H and O–H groups in total. The molecule has 194 valence electrons. The van der Waals surface area contributed by atoms with Gasteiger partial charge in [-0.15, -0.1) is 0 Å². The highest BCUT2D eigenvalue weighted by molar-refractivity contribution is 5.96. The average molecular weight is 489 g/mol. The predicted octanol–water partition coefficient (Wildman–Crippen LogP) is -4.18. The van der Waals surface area contributed by atoms with E-state index >= 15 is 0 Å². The topological polar surface area (TPSA) is 278 Å². The quantitative estimate of drug-likeness (QED) is 0.0573. The summed E-state index contributed by atoms with van der Waals surface area (Å²) in [6.07, 6.45) is 0.141. The van der Waals surface area contributed by atoms with E-state index in [1.807, 2.05) is 0 Å². The van der Waals surface area contributed by atoms with Crippen molar-refractivity contribution in [2.24, 2.45) is 33.8 Å². The molecule has 0 bridgehead atoms. The summed E-state index contributed by atoms with van der Waals surface area (Å²) in [7, 11) is 0. The first-order valence-electron chi connectivity index (χ1n) is 10.7. The summed E-state index contributed by atoms with van der Waals surface area (Å²) in [6.45, 7) is 2.87. The van der Waals surface area contributed by atoms with Gasteiger partial charge in [0, 0.05) is 6.54 Å². The van der Waals surface area contributed by atoms with E-state index in [1.54, 1.807) is 13.8 Å². The summed E-state index contributed by atoms with van der Waals surface area (Å²) in [5.74, 6) is -5.36. The molecular formula is C19H36N8O7. The van der Waals surface area contributed by atoms with Crippen molar-refractivity contribution in [1.29, 1.82) is 0 Å². The molecule has 0 radical (unpaired) electrons. The maximum absolute atomic E-state index is 12.9. The molecule has 15 nitrogen and oxygen atoms in total. The van der Waals surface area contributed by atoms with Gasteiger partial charge in [-0.1, -0.05) is 20.3 Å². The average Bonchev–Trinajstić information content (AvgIpc) is 2.76. The summed E-state index contributed by atoms with van der Waals surface area (Å²) < 4.78 is 0. The molecule has 0 saturated heterocycles. The van der Waals surface area contributed by atoms with Gasteiger partial charge in [-0.05, 0) is 18.8 Å². The van der Waals surface area contributed by atoms with E-state index in [-0.39, 0.29) is 25.3 Å². The minimum absolute atomic E-state index is 0.0262. The van der Waals surface area contributed by atoms with Crippen LogP contribution in [0.5, 0.6) is 0 Å². The maximum atomic E-state index is 12.9. The second kappa shape index (κ2) is 15.4. The second-order valence-electron chi connectivity index (χ2n) is 7.74. The number of aliphatic imine (C=N–C) groups is 1. The molecule has 0 rings (SSSR count). The number of carbonyl (C=O) groups is 5. The van der Waals surface area contributed by atoms with Gasteiger partial charge >= 0.3 is 5.97 Å². The number of hydrogen-bond donors (Lipinski definition) is 9. The van der Waals surface area contributed by atoms with Crippen LogP contribution in [0.1, 0.15) is 39.5 Å². The number of primary amides is 1. The molecule has 0 aromatic heterocycles. The largest absolute Gasteiger partial charge is 0.480 e. The lowest BCUT2D eigenvalue weighted by atomic mass is 9.97. The van der Waals surface area contributed by atoms with Crippen molar-refractivity contribution in [2.75, 3.05) is 13.2 Å². The number of aliphatic hydroxyl groups excluding tert-OH is 1. The summed E-state index contributed by atoms with van der Waals surface area (Å²) in [4.78, 5) is 64.3. The first-order valence-corrected chi connectivity index (χ1v) is 10.7. The van der Waals surface area contributed by atoms with E-state index in [0.717, 1.165) is 0 Å². The van der Waals surface area contributed by atoms with Gasteiger partial charge in [0.05, 0.1) is 13.0 Å². The first kappa shape index (κ1) is 30.5. The Morgan fingerprint density at radius 1 is 0.941 bits per heavy atom. The Bertz CT molecular complexity index is 757. The number of aliphatic hydroxyl groups is 1. The monoisotopic (exact) mass is 488 g/mol. The fourth-order valence-corrected chi connectivity index (χ4v) is 2.75. The molecule has 0 aromatic carbocycles. The number of rotatable bonds is 16. The lowest BCUT2D eigenvalue weighted by Crippen LogP contribution is -2.59. The number of nitrogens with two attached hydrogens (primary N) is 4. The van der Waals surface area contributed by atoms with Crippen LogP contribution in [0.2, 0.25) is 0 Å². The molecule has 34 heavy (non-hydrogen) atoms. The minimum Gasteiger partial charge on any atom is -0.480 e. The number of aliphatic carboxylic acids is 1. The lowest BCUT2D eigenvalue weighted by Gasteiger charge is -2.27. The molecule has 0 aliphatic heterocycles. The van der Waals surface area contributed by atoms with Gasteiger partial charge < -0.3 is 49.1 Å². The summed E-state index contributed by atoms with van der Waals surface area (Å²) in [6, 6.07) is -5.26. The molecule has 0 fully saturated rings. The third-order valence-electron chi connectivity index (χ3n) is 4.92. The van der Waals surface area contributed by atoms with E-state index in [2.05, 4.69) is 20.9 Å². The SMILES string of the molecule is CCC(C)C(NC(=O)C(CC(N)=O)NC(=O)C(N)CO)C(=O)NC(CCCN=C(N)N)C(=O)O. The summed E-state index contributed by atoms with van der Waals surface area (Å²) >= 11 is 0. The zero-order chi connectivity index (χ0) is 26.4. The molecule has 0 aromatic rings. The zero-order valence-corrected chi connectivity index (χ0v) is 19.3. The number of carboxylic acid groups (broad SMARTS) is 1. The third kappa shape index (κ3) is 11.4. The Labute approximate surface area is 197 Å². The Morgan fingerprint density at radius 2 is 1.53 bits per heavy atom. The van der Waals surface area contributed by atoms with Gasteiger partial charge in [-0.3, -0.25) is 24.2 Å².